The number of rotatable bonds is 3. The van der Waals surface area contributed by atoms with Crippen LogP contribution in [0, 0.1) is 5.41 Å². The summed E-state index contributed by atoms with van der Waals surface area (Å²) in [4.78, 5) is 6.70. The Bertz CT molecular complexity index is 470. The molecule has 1 N–H and O–H groups in total. The number of anilines is 1. The van der Waals surface area contributed by atoms with Gasteiger partial charge >= 0.3 is 6.18 Å². The van der Waals surface area contributed by atoms with Gasteiger partial charge in [-0.25, -0.2) is 9.97 Å². The van der Waals surface area contributed by atoms with Crippen LogP contribution in [0.1, 0.15) is 44.9 Å². The van der Waals surface area contributed by atoms with Gasteiger partial charge in [0.1, 0.15) is 11.0 Å². The first-order valence-electron chi connectivity index (χ1n) is 6.64. The van der Waals surface area contributed by atoms with E-state index in [2.05, 4.69) is 22.2 Å². The molecule has 0 saturated heterocycles. The average molecular weight is 308 g/mol. The largest absolute Gasteiger partial charge is 0.451 e. The lowest BCUT2D eigenvalue weighted by molar-refractivity contribution is -0.144. The summed E-state index contributed by atoms with van der Waals surface area (Å²) in [5.74, 6) is -1.08. The summed E-state index contributed by atoms with van der Waals surface area (Å²) >= 11 is 5.62. The molecule has 1 aliphatic carbocycles. The van der Waals surface area contributed by atoms with Crippen LogP contribution in [0.5, 0.6) is 0 Å². The smallest absolute Gasteiger partial charge is 0.369 e. The van der Waals surface area contributed by atoms with Crippen molar-refractivity contribution in [2.45, 2.75) is 45.2 Å². The summed E-state index contributed by atoms with van der Waals surface area (Å²) in [6.45, 7) is 2.74. The van der Waals surface area contributed by atoms with Crippen molar-refractivity contribution >= 4 is 17.4 Å². The van der Waals surface area contributed by atoms with Crippen LogP contribution in [0.15, 0.2) is 6.07 Å². The molecule has 0 atom stereocenters. The van der Waals surface area contributed by atoms with E-state index in [1.165, 1.54) is 12.5 Å². The number of nitrogens with one attached hydrogen (secondary N) is 1. The van der Waals surface area contributed by atoms with Crippen molar-refractivity contribution in [3.8, 4) is 0 Å². The molecule has 0 bridgehead atoms. The first-order chi connectivity index (χ1) is 9.28. The van der Waals surface area contributed by atoms with Crippen LogP contribution >= 0.6 is 11.6 Å². The molecule has 0 unspecified atom stereocenters. The maximum atomic E-state index is 12.6. The first kappa shape index (κ1) is 15.4. The van der Waals surface area contributed by atoms with Gasteiger partial charge in [0.05, 0.1) is 0 Å². The summed E-state index contributed by atoms with van der Waals surface area (Å²) < 4.78 is 37.8. The first-order valence-corrected chi connectivity index (χ1v) is 7.02. The van der Waals surface area contributed by atoms with E-state index in [4.69, 9.17) is 11.6 Å². The second-order valence-corrected chi connectivity index (χ2v) is 6.01. The van der Waals surface area contributed by atoms with E-state index in [-0.39, 0.29) is 16.4 Å². The average Bonchev–Trinajstić information content (AvgIpc) is 2.36. The lowest BCUT2D eigenvalue weighted by Crippen LogP contribution is -2.29. The molecule has 0 amide bonds. The molecule has 1 fully saturated rings. The van der Waals surface area contributed by atoms with Crippen molar-refractivity contribution in [2.75, 3.05) is 11.9 Å². The molecule has 1 aliphatic rings. The third-order valence-electron chi connectivity index (χ3n) is 3.71. The Balaban J connectivity index is 2.07. The van der Waals surface area contributed by atoms with Gasteiger partial charge in [-0.1, -0.05) is 37.8 Å². The highest BCUT2D eigenvalue weighted by atomic mass is 35.5. The van der Waals surface area contributed by atoms with Crippen LogP contribution in [0.25, 0.3) is 0 Å². The van der Waals surface area contributed by atoms with Crippen molar-refractivity contribution in [1.29, 1.82) is 0 Å². The van der Waals surface area contributed by atoms with Gasteiger partial charge in [-0.15, -0.1) is 0 Å². The zero-order valence-electron chi connectivity index (χ0n) is 11.2. The van der Waals surface area contributed by atoms with Crippen LogP contribution < -0.4 is 5.32 Å². The fourth-order valence-corrected chi connectivity index (χ4v) is 2.70. The minimum absolute atomic E-state index is 0.105. The predicted molar refractivity (Wildman–Crippen MR) is 71.7 cm³/mol. The molecule has 0 aromatic carbocycles. The lowest BCUT2D eigenvalue weighted by atomic mass is 9.76. The molecule has 1 aromatic heterocycles. The number of hydrogen-bond acceptors (Lipinski definition) is 3. The number of nitrogens with zero attached hydrogens (tertiary/aromatic N) is 2. The van der Waals surface area contributed by atoms with Crippen LogP contribution in [0.2, 0.25) is 5.15 Å². The fraction of sp³-hybridized carbons (Fsp3) is 0.692. The molecule has 112 valence electrons. The lowest BCUT2D eigenvalue weighted by Gasteiger charge is -2.33. The monoisotopic (exact) mass is 307 g/mol. The standard InChI is InChI=1S/C13H17ClF3N3/c1-12(5-3-2-4-6-12)8-18-10-7-9(14)19-11(20-10)13(15,16)17/h7H,2-6,8H2,1H3,(H,18,19,20). The SMILES string of the molecule is CC1(CNc2cc(Cl)nc(C(F)(F)F)n2)CCCCC1. The zero-order valence-corrected chi connectivity index (χ0v) is 12.0. The molecular weight excluding hydrogens is 291 g/mol. The van der Waals surface area contributed by atoms with Crippen LogP contribution in [-0.4, -0.2) is 16.5 Å². The number of hydrogen-bond donors (Lipinski definition) is 1. The van der Waals surface area contributed by atoms with E-state index in [1.807, 2.05) is 0 Å². The molecule has 0 aliphatic heterocycles. The van der Waals surface area contributed by atoms with Crippen LogP contribution in [-0.2, 0) is 6.18 Å². The molecule has 2 rings (SSSR count). The highest BCUT2D eigenvalue weighted by Crippen LogP contribution is 2.36. The van der Waals surface area contributed by atoms with Gasteiger partial charge in [0.15, 0.2) is 0 Å². The predicted octanol–water partition coefficient (Wildman–Crippen LogP) is 4.53. The highest BCUT2D eigenvalue weighted by Gasteiger charge is 2.35. The normalized spacial score (nSPS) is 18.9. The van der Waals surface area contributed by atoms with Crippen molar-refractivity contribution in [3.05, 3.63) is 17.0 Å². The quantitative estimate of drug-likeness (QED) is 0.834. The number of halogens is 4. The number of alkyl halides is 3. The molecular formula is C13H17ClF3N3. The Morgan fingerprint density at radius 1 is 1.25 bits per heavy atom. The van der Waals surface area contributed by atoms with Gasteiger partial charge in [0, 0.05) is 12.6 Å². The summed E-state index contributed by atoms with van der Waals surface area (Å²) in [6, 6.07) is 1.32. The van der Waals surface area contributed by atoms with Gasteiger partial charge < -0.3 is 5.32 Å². The van der Waals surface area contributed by atoms with Crippen molar-refractivity contribution in [3.63, 3.8) is 0 Å². The Hall–Kier alpha value is -1.04. The van der Waals surface area contributed by atoms with E-state index in [1.54, 1.807) is 0 Å². The molecule has 20 heavy (non-hydrogen) atoms. The van der Waals surface area contributed by atoms with Gasteiger partial charge in [0.2, 0.25) is 5.82 Å². The highest BCUT2D eigenvalue weighted by molar-refractivity contribution is 6.29. The molecule has 1 heterocycles. The zero-order chi connectivity index (χ0) is 14.8. The Morgan fingerprint density at radius 2 is 1.90 bits per heavy atom. The van der Waals surface area contributed by atoms with Crippen molar-refractivity contribution in [2.24, 2.45) is 5.41 Å². The summed E-state index contributed by atoms with van der Waals surface area (Å²) in [5.41, 5.74) is 0.105. The van der Waals surface area contributed by atoms with E-state index in [0.717, 1.165) is 25.7 Å². The van der Waals surface area contributed by atoms with E-state index >= 15 is 0 Å². The maximum Gasteiger partial charge on any atom is 0.451 e. The molecule has 1 saturated carbocycles. The van der Waals surface area contributed by atoms with Crippen LogP contribution in [0.3, 0.4) is 0 Å². The van der Waals surface area contributed by atoms with Gasteiger partial charge in [-0.3, -0.25) is 0 Å². The van der Waals surface area contributed by atoms with Crippen molar-refractivity contribution < 1.29 is 13.2 Å². The summed E-state index contributed by atoms with van der Waals surface area (Å²) in [7, 11) is 0. The topological polar surface area (TPSA) is 37.8 Å². The Labute approximate surface area is 120 Å². The fourth-order valence-electron chi connectivity index (χ4n) is 2.52. The van der Waals surface area contributed by atoms with Crippen molar-refractivity contribution in [1.82, 2.24) is 9.97 Å². The van der Waals surface area contributed by atoms with E-state index in [0.29, 0.717) is 6.54 Å². The summed E-state index contributed by atoms with van der Waals surface area (Å²) in [5, 5.41) is 2.77. The third-order valence-corrected chi connectivity index (χ3v) is 3.90. The van der Waals surface area contributed by atoms with E-state index < -0.39 is 12.0 Å². The van der Waals surface area contributed by atoms with Crippen LogP contribution in [0.4, 0.5) is 19.0 Å². The molecule has 1 aromatic rings. The van der Waals surface area contributed by atoms with Gasteiger partial charge in [-0.05, 0) is 18.3 Å². The number of aromatic nitrogens is 2. The van der Waals surface area contributed by atoms with Gasteiger partial charge in [0.25, 0.3) is 0 Å². The maximum absolute atomic E-state index is 12.6. The third kappa shape index (κ3) is 3.98. The minimum Gasteiger partial charge on any atom is -0.369 e. The molecule has 0 spiro atoms. The Kier molecular flexibility index (Phi) is 4.42. The second-order valence-electron chi connectivity index (χ2n) is 5.62. The second kappa shape index (κ2) is 5.76. The molecule has 3 nitrogen and oxygen atoms in total. The molecule has 0 radical (unpaired) electrons. The minimum atomic E-state index is -4.59. The summed E-state index contributed by atoms with van der Waals surface area (Å²) in [6.07, 6.45) is 1.12. The van der Waals surface area contributed by atoms with E-state index in [9.17, 15) is 13.2 Å². The molecule has 7 heteroatoms. The Morgan fingerprint density at radius 3 is 2.50 bits per heavy atom. The van der Waals surface area contributed by atoms with Gasteiger partial charge in [-0.2, -0.15) is 13.2 Å².